The van der Waals surface area contributed by atoms with Crippen LogP contribution >= 0.6 is 23.1 Å². The maximum absolute atomic E-state index is 13.7. The molecule has 1 unspecified atom stereocenters. The van der Waals surface area contributed by atoms with Gasteiger partial charge in [0.2, 0.25) is 0 Å². The Morgan fingerprint density at radius 3 is 2.83 bits per heavy atom. The molecule has 0 bridgehead atoms. The minimum Gasteiger partial charge on any atom is -0.410 e. The van der Waals surface area contributed by atoms with Gasteiger partial charge in [0.05, 0.1) is 15.7 Å². The van der Waals surface area contributed by atoms with E-state index < -0.39 is 22.7 Å². The molecule has 3 rings (SSSR count). The number of Topliss-reactive ketones (excluding diaryl/α,β-unsaturated/α-hetero) is 1. The summed E-state index contributed by atoms with van der Waals surface area (Å²) in [6.07, 6.45) is 0. The zero-order valence-electron chi connectivity index (χ0n) is 11.8. The SMILES string of the molecule is CC(Sc1nnc(-c2cccs2)o1)C(=O)c1ccc(F)cc1F. The Labute approximate surface area is 138 Å². The van der Waals surface area contributed by atoms with Crippen LogP contribution in [0.15, 0.2) is 45.4 Å². The lowest BCUT2D eigenvalue weighted by molar-refractivity contribution is 0.0989. The van der Waals surface area contributed by atoms with Gasteiger partial charge in [-0.15, -0.1) is 21.5 Å². The van der Waals surface area contributed by atoms with E-state index in [-0.39, 0.29) is 10.8 Å². The molecule has 118 valence electrons. The Bertz CT molecular complexity index is 834. The van der Waals surface area contributed by atoms with Gasteiger partial charge < -0.3 is 4.42 Å². The van der Waals surface area contributed by atoms with Gasteiger partial charge in [-0.05, 0) is 30.5 Å². The van der Waals surface area contributed by atoms with Crippen molar-refractivity contribution in [3.05, 3.63) is 52.9 Å². The summed E-state index contributed by atoms with van der Waals surface area (Å²) in [6.45, 7) is 1.60. The average molecular weight is 352 g/mol. The van der Waals surface area contributed by atoms with Crippen molar-refractivity contribution in [2.45, 2.75) is 17.4 Å². The maximum atomic E-state index is 13.7. The summed E-state index contributed by atoms with van der Waals surface area (Å²) in [7, 11) is 0. The van der Waals surface area contributed by atoms with Gasteiger partial charge in [0.25, 0.3) is 11.1 Å². The standard InChI is InChI=1S/C15H10F2N2O2S2/c1-8(13(20)10-5-4-9(16)7-11(10)17)23-15-19-18-14(21-15)12-3-2-6-22-12/h2-8H,1H3. The van der Waals surface area contributed by atoms with Crippen LogP contribution in [-0.4, -0.2) is 21.2 Å². The van der Waals surface area contributed by atoms with Gasteiger partial charge in [-0.1, -0.05) is 17.8 Å². The number of benzene rings is 1. The van der Waals surface area contributed by atoms with Crippen LogP contribution < -0.4 is 0 Å². The van der Waals surface area contributed by atoms with Crippen molar-refractivity contribution in [3.63, 3.8) is 0 Å². The smallest absolute Gasteiger partial charge is 0.277 e. The second kappa shape index (κ2) is 6.59. The van der Waals surface area contributed by atoms with Crippen LogP contribution in [-0.2, 0) is 0 Å². The molecule has 0 saturated carbocycles. The van der Waals surface area contributed by atoms with E-state index in [0.29, 0.717) is 12.0 Å². The van der Waals surface area contributed by atoms with Crippen molar-refractivity contribution in [2.24, 2.45) is 0 Å². The molecule has 0 amide bonds. The van der Waals surface area contributed by atoms with E-state index in [1.54, 1.807) is 6.92 Å². The lowest BCUT2D eigenvalue weighted by Gasteiger charge is -2.08. The second-order valence-corrected chi connectivity index (χ2v) is 6.84. The molecule has 0 aliphatic carbocycles. The van der Waals surface area contributed by atoms with Gasteiger partial charge in [-0.25, -0.2) is 8.78 Å². The van der Waals surface area contributed by atoms with Crippen molar-refractivity contribution in [1.29, 1.82) is 0 Å². The van der Waals surface area contributed by atoms with Crippen LogP contribution in [0.5, 0.6) is 0 Å². The van der Waals surface area contributed by atoms with Crippen molar-refractivity contribution in [1.82, 2.24) is 10.2 Å². The molecule has 2 aromatic heterocycles. The third-order valence-corrected chi connectivity index (χ3v) is 4.77. The first-order chi connectivity index (χ1) is 11.0. The summed E-state index contributed by atoms with van der Waals surface area (Å²) >= 11 is 2.49. The van der Waals surface area contributed by atoms with Crippen LogP contribution in [0.25, 0.3) is 10.8 Å². The molecule has 0 saturated heterocycles. The Hall–Kier alpha value is -2.06. The number of halogens is 2. The number of thioether (sulfide) groups is 1. The molecule has 2 heterocycles. The van der Waals surface area contributed by atoms with E-state index in [1.165, 1.54) is 11.3 Å². The zero-order chi connectivity index (χ0) is 16.4. The highest BCUT2D eigenvalue weighted by molar-refractivity contribution is 8.00. The maximum Gasteiger partial charge on any atom is 0.277 e. The van der Waals surface area contributed by atoms with Gasteiger partial charge in [0.15, 0.2) is 5.78 Å². The highest BCUT2D eigenvalue weighted by Crippen LogP contribution is 2.29. The van der Waals surface area contributed by atoms with Crippen LogP contribution in [0.1, 0.15) is 17.3 Å². The summed E-state index contributed by atoms with van der Waals surface area (Å²) in [5.74, 6) is -1.71. The number of aromatic nitrogens is 2. The fourth-order valence-corrected chi connectivity index (χ4v) is 3.27. The van der Waals surface area contributed by atoms with Crippen molar-refractivity contribution < 1.29 is 18.0 Å². The lowest BCUT2D eigenvalue weighted by atomic mass is 10.1. The first kappa shape index (κ1) is 15.8. The molecule has 1 atom stereocenters. The molecular formula is C15H10F2N2O2S2. The Morgan fingerprint density at radius 1 is 1.30 bits per heavy atom. The highest BCUT2D eigenvalue weighted by Gasteiger charge is 2.23. The van der Waals surface area contributed by atoms with E-state index in [0.717, 1.165) is 28.8 Å². The largest absolute Gasteiger partial charge is 0.410 e. The molecule has 0 radical (unpaired) electrons. The van der Waals surface area contributed by atoms with E-state index in [1.807, 2.05) is 17.5 Å². The number of hydrogen-bond acceptors (Lipinski definition) is 6. The minimum atomic E-state index is -0.882. The normalized spacial score (nSPS) is 12.3. The summed E-state index contributed by atoms with van der Waals surface area (Å²) in [5, 5.41) is 9.24. The van der Waals surface area contributed by atoms with Crippen molar-refractivity contribution >= 4 is 28.9 Å². The van der Waals surface area contributed by atoms with Crippen LogP contribution in [0.4, 0.5) is 8.78 Å². The predicted octanol–water partition coefficient (Wildman–Crippen LogP) is 4.44. The number of nitrogens with zero attached hydrogens (tertiary/aromatic N) is 2. The molecular weight excluding hydrogens is 342 g/mol. The number of hydrogen-bond donors (Lipinski definition) is 0. The third-order valence-electron chi connectivity index (χ3n) is 2.98. The Balaban J connectivity index is 1.74. The van der Waals surface area contributed by atoms with Crippen LogP contribution in [0.2, 0.25) is 0 Å². The fraction of sp³-hybridized carbons (Fsp3) is 0.133. The molecule has 4 nitrogen and oxygen atoms in total. The average Bonchev–Trinajstić information content (AvgIpc) is 3.17. The minimum absolute atomic E-state index is 0.163. The Morgan fingerprint density at radius 2 is 2.13 bits per heavy atom. The molecule has 0 N–H and O–H groups in total. The monoisotopic (exact) mass is 352 g/mol. The summed E-state index contributed by atoms with van der Waals surface area (Å²) in [5.41, 5.74) is -0.163. The van der Waals surface area contributed by atoms with E-state index in [4.69, 9.17) is 4.42 Å². The van der Waals surface area contributed by atoms with Gasteiger partial charge in [-0.3, -0.25) is 4.79 Å². The van der Waals surface area contributed by atoms with Crippen molar-refractivity contribution in [3.8, 4) is 10.8 Å². The highest BCUT2D eigenvalue weighted by atomic mass is 32.2. The molecule has 8 heteroatoms. The lowest BCUT2D eigenvalue weighted by Crippen LogP contribution is -2.15. The number of rotatable bonds is 5. The molecule has 3 aromatic rings. The second-order valence-electron chi connectivity index (χ2n) is 4.60. The van der Waals surface area contributed by atoms with Crippen LogP contribution in [0.3, 0.4) is 0 Å². The topological polar surface area (TPSA) is 56.0 Å². The quantitative estimate of drug-likeness (QED) is 0.502. The van der Waals surface area contributed by atoms with Gasteiger partial charge in [0, 0.05) is 6.07 Å². The molecule has 0 fully saturated rings. The summed E-state index contributed by atoms with van der Waals surface area (Å²) in [6, 6.07) is 6.58. The number of carbonyl (C=O) groups is 1. The predicted molar refractivity (Wildman–Crippen MR) is 83.6 cm³/mol. The first-order valence-corrected chi connectivity index (χ1v) is 8.34. The van der Waals surface area contributed by atoms with Crippen molar-refractivity contribution in [2.75, 3.05) is 0 Å². The Kier molecular flexibility index (Phi) is 4.53. The van der Waals surface area contributed by atoms with Crippen LogP contribution in [0, 0.1) is 11.6 Å². The molecule has 0 aliphatic rings. The van der Waals surface area contributed by atoms with E-state index >= 15 is 0 Å². The van der Waals surface area contributed by atoms with E-state index in [2.05, 4.69) is 10.2 Å². The van der Waals surface area contributed by atoms with E-state index in [9.17, 15) is 13.6 Å². The van der Waals surface area contributed by atoms with Gasteiger partial charge in [0.1, 0.15) is 11.6 Å². The zero-order valence-corrected chi connectivity index (χ0v) is 13.5. The number of carbonyl (C=O) groups excluding carboxylic acids is 1. The third kappa shape index (κ3) is 3.48. The molecule has 23 heavy (non-hydrogen) atoms. The number of thiophene rings is 1. The molecule has 0 spiro atoms. The summed E-state index contributed by atoms with van der Waals surface area (Å²) < 4.78 is 32.1. The first-order valence-electron chi connectivity index (χ1n) is 6.58. The molecule has 1 aromatic carbocycles. The number of ketones is 1. The van der Waals surface area contributed by atoms with Gasteiger partial charge in [-0.2, -0.15) is 0 Å². The summed E-state index contributed by atoms with van der Waals surface area (Å²) in [4.78, 5) is 13.1. The fourth-order valence-electron chi connectivity index (χ4n) is 1.87. The van der Waals surface area contributed by atoms with Gasteiger partial charge >= 0.3 is 0 Å². The molecule has 0 aliphatic heterocycles.